The Labute approximate surface area is 109 Å². The molecule has 0 aromatic heterocycles. The van der Waals surface area contributed by atoms with Crippen molar-refractivity contribution >= 4 is 11.4 Å². The summed E-state index contributed by atoms with van der Waals surface area (Å²) in [4.78, 5) is 2.23. The Bertz CT molecular complexity index is 529. The van der Waals surface area contributed by atoms with E-state index in [9.17, 15) is 0 Å². The average Bonchev–Trinajstić information content (AvgIpc) is 2.35. The number of nitrogens with two attached hydrogens (primary N) is 1. The molecule has 2 rings (SSSR count). The van der Waals surface area contributed by atoms with Crippen LogP contribution in [0.1, 0.15) is 16.7 Å². The fraction of sp³-hybridized carbons (Fsp3) is 0.250. The van der Waals surface area contributed by atoms with Gasteiger partial charge in [-0.15, -0.1) is 0 Å². The van der Waals surface area contributed by atoms with Crippen LogP contribution in [0.15, 0.2) is 42.5 Å². The third-order valence-electron chi connectivity index (χ3n) is 3.23. The van der Waals surface area contributed by atoms with Crippen LogP contribution in [0.3, 0.4) is 0 Å². The molecule has 2 heteroatoms. The summed E-state index contributed by atoms with van der Waals surface area (Å²) >= 11 is 0. The van der Waals surface area contributed by atoms with E-state index in [-0.39, 0.29) is 0 Å². The zero-order valence-corrected chi connectivity index (χ0v) is 11.3. The Balaban J connectivity index is 2.13. The smallest absolute Gasteiger partial charge is 0.0426 e. The molecule has 0 amide bonds. The molecule has 0 aliphatic carbocycles. The SMILES string of the molecule is Cc1ccc(CN(C)c2ccc(N)c(C)c2)cc1. The third kappa shape index (κ3) is 2.83. The van der Waals surface area contributed by atoms with Gasteiger partial charge in [0.25, 0.3) is 0 Å². The van der Waals surface area contributed by atoms with Crippen molar-refractivity contribution < 1.29 is 0 Å². The van der Waals surface area contributed by atoms with Crippen molar-refractivity contribution in [2.24, 2.45) is 0 Å². The first-order valence-electron chi connectivity index (χ1n) is 6.19. The Kier molecular flexibility index (Phi) is 3.56. The molecule has 0 radical (unpaired) electrons. The summed E-state index contributed by atoms with van der Waals surface area (Å²) in [5, 5.41) is 0. The minimum Gasteiger partial charge on any atom is -0.399 e. The van der Waals surface area contributed by atoms with Crippen LogP contribution in [0.4, 0.5) is 11.4 Å². The van der Waals surface area contributed by atoms with Crippen molar-refractivity contribution in [3.05, 3.63) is 59.2 Å². The van der Waals surface area contributed by atoms with Gasteiger partial charge in [0.05, 0.1) is 0 Å². The molecule has 2 aromatic carbocycles. The summed E-state index contributed by atoms with van der Waals surface area (Å²) in [6.45, 7) is 5.05. The molecular formula is C16H20N2. The van der Waals surface area contributed by atoms with Crippen LogP contribution in [-0.2, 0) is 6.54 Å². The number of nitrogens with zero attached hydrogens (tertiary/aromatic N) is 1. The van der Waals surface area contributed by atoms with Gasteiger partial charge < -0.3 is 10.6 Å². The van der Waals surface area contributed by atoms with Gasteiger partial charge in [0, 0.05) is 25.0 Å². The molecule has 0 saturated carbocycles. The highest BCUT2D eigenvalue weighted by atomic mass is 15.1. The zero-order chi connectivity index (χ0) is 13.1. The molecule has 2 nitrogen and oxygen atoms in total. The molecule has 0 saturated heterocycles. The van der Waals surface area contributed by atoms with Crippen LogP contribution >= 0.6 is 0 Å². The highest BCUT2D eigenvalue weighted by Crippen LogP contribution is 2.21. The fourth-order valence-electron chi connectivity index (χ4n) is 1.96. The van der Waals surface area contributed by atoms with Crippen molar-refractivity contribution in [1.29, 1.82) is 0 Å². The van der Waals surface area contributed by atoms with Gasteiger partial charge in [0.15, 0.2) is 0 Å². The second kappa shape index (κ2) is 5.13. The van der Waals surface area contributed by atoms with E-state index < -0.39 is 0 Å². The molecule has 0 bridgehead atoms. The topological polar surface area (TPSA) is 29.3 Å². The highest BCUT2D eigenvalue weighted by Gasteiger charge is 2.03. The Hall–Kier alpha value is -1.96. The first kappa shape index (κ1) is 12.5. The van der Waals surface area contributed by atoms with E-state index in [1.54, 1.807) is 0 Å². The molecule has 2 N–H and O–H groups in total. The Morgan fingerprint density at radius 2 is 1.67 bits per heavy atom. The summed E-state index contributed by atoms with van der Waals surface area (Å²) in [7, 11) is 2.10. The number of hydrogen-bond donors (Lipinski definition) is 1. The molecule has 0 aliphatic heterocycles. The van der Waals surface area contributed by atoms with Crippen molar-refractivity contribution in [1.82, 2.24) is 0 Å². The van der Waals surface area contributed by atoms with Crippen LogP contribution in [-0.4, -0.2) is 7.05 Å². The van der Waals surface area contributed by atoms with Crippen LogP contribution in [0.2, 0.25) is 0 Å². The Morgan fingerprint density at radius 1 is 1.00 bits per heavy atom. The van der Waals surface area contributed by atoms with E-state index in [0.29, 0.717) is 0 Å². The third-order valence-corrected chi connectivity index (χ3v) is 3.23. The van der Waals surface area contributed by atoms with E-state index in [1.807, 2.05) is 13.0 Å². The van der Waals surface area contributed by atoms with Gasteiger partial charge in [0.1, 0.15) is 0 Å². The fourth-order valence-corrected chi connectivity index (χ4v) is 1.96. The highest BCUT2D eigenvalue weighted by molar-refractivity contribution is 5.57. The van der Waals surface area contributed by atoms with Crippen LogP contribution in [0.25, 0.3) is 0 Å². The predicted octanol–water partition coefficient (Wildman–Crippen LogP) is 3.52. The lowest BCUT2D eigenvalue weighted by Gasteiger charge is -2.20. The first-order valence-corrected chi connectivity index (χ1v) is 6.19. The van der Waals surface area contributed by atoms with E-state index in [1.165, 1.54) is 16.8 Å². The lowest BCUT2D eigenvalue weighted by atomic mass is 10.1. The lowest BCUT2D eigenvalue weighted by Crippen LogP contribution is -2.16. The van der Waals surface area contributed by atoms with Gasteiger partial charge in [-0.25, -0.2) is 0 Å². The zero-order valence-electron chi connectivity index (χ0n) is 11.3. The van der Waals surface area contributed by atoms with E-state index >= 15 is 0 Å². The molecule has 0 heterocycles. The van der Waals surface area contributed by atoms with E-state index in [4.69, 9.17) is 5.73 Å². The number of rotatable bonds is 3. The van der Waals surface area contributed by atoms with E-state index in [2.05, 4.69) is 55.3 Å². The largest absolute Gasteiger partial charge is 0.399 e. The molecule has 0 fully saturated rings. The van der Waals surface area contributed by atoms with Crippen LogP contribution < -0.4 is 10.6 Å². The number of anilines is 2. The lowest BCUT2D eigenvalue weighted by molar-refractivity contribution is 0.921. The van der Waals surface area contributed by atoms with Gasteiger partial charge in [0.2, 0.25) is 0 Å². The van der Waals surface area contributed by atoms with Gasteiger partial charge in [-0.05, 0) is 43.2 Å². The summed E-state index contributed by atoms with van der Waals surface area (Å²) in [5.41, 5.74) is 11.6. The molecule has 0 unspecified atom stereocenters. The average molecular weight is 240 g/mol. The first-order chi connectivity index (χ1) is 8.56. The standard InChI is InChI=1S/C16H20N2/c1-12-4-6-14(7-5-12)11-18(3)15-8-9-16(17)13(2)10-15/h4-10H,11,17H2,1-3H3. The van der Waals surface area contributed by atoms with Crippen molar-refractivity contribution in [3.63, 3.8) is 0 Å². The maximum atomic E-state index is 5.84. The summed E-state index contributed by atoms with van der Waals surface area (Å²) in [6, 6.07) is 14.8. The van der Waals surface area contributed by atoms with Gasteiger partial charge in [-0.2, -0.15) is 0 Å². The molecule has 0 aliphatic rings. The van der Waals surface area contributed by atoms with Crippen molar-refractivity contribution in [2.75, 3.05) is 17.7 Å². The molecule has 18 heavy (non-hydrogen) atoms. The van der Waals surface area contributed by atoms with Crippen molar-refractivity contribution in [3.8, 4) is 0 Å². The number of benzene rings is 2. The molecule has 2 aromatic rings. The van der Waals surface area contributed by atoms with Crippen LogP contribution in [0.5, 0.6) is 0 Å². The number of hydrogen-bond acceptors (Lipinski definition) is 2. The quantitative estimate of drug-likeness (QED) is 0.832. The summed E-state index contributed by atoms with van der Waals surface area (Å²) in [6.07, 6.45) is 0. The van der Waals surface area contributed by atoms with Gasteiger partial charge in [-0.3, -0.25) is 0 Å². The minimum atomic E-state index is 0.850. The number of aryl methyl sites for hydroxylation is 2. The van der Waals surface area contributed by atoms with Gasteiger partial charge >= 0.3 is 0 Å². The molecule has 0 atom stereocenters. The Morgan fingerprint density at radius 3 is 2.28 bits per heavy atom. The van der Waals surface area contributed by atoms with Crippen molar-refractivity contribution in [2.45, 2.75) is 20.4 Å². The van der Waals surface area contributed by atoms with Crippen LogP contribution in [0, 0.1) is 13.8 Å². The monoisotopic (exact) mass is 240 g/mol. The molecule has 94 valence electrons. The molecular weight excluding hydrogens is 220 g/mol. The minimum absolute atomic E-state index is 0.850. The normalized spacial score (nSPS) is 10.4. The second-order valence-corrected chi connectivity index (χ2v) is 4.88. The summed E-state index contributed by atoms with van der Waals surface area (Å²) in [5.74, 6) is 0. The summed E-state index contributed by atoms with van der Waals surface area (Å²) < 4.78 is 0. The predicted molar refractivity (Wildman–Crippen MR) is 78.9 cm³/mol. The van der Waals surface area contributed by atoms with E-state index in [0.717, 1.165) is 17.8 Å². The number of nitrogen functional groups attached to an aromatic ring is 1. The maximum Gasteiger partial charge on any atom is 0.0426 e. The maximum absolute atomic E-state index is 5.84. The van der Waals surface area contributed by atoms with Gasteiger partial charge in [-0.1, -0.05) is 29.8 Å². The molecule has 0 spiro atoms. The second-order valence-electron chi connectivity index (χ2n) is 4.88.